The molecule has 5 rings (SSSR count). The number of rotatable bonds is 4. The molecule has 1 aliphatic rings. The molecule has 0 atom stereocenters. The average molecular weight is 488 g/mol. The number of hydrogen-bond acceptors (Lipinski definition) is 5. The summed E-state index contributed by atoms with van der Waals surface area (Å²) in [7, 11) is 1.90. The monoisotopic (exact) mass is 487 g/mol. The number of anilines is 1. The maximum absolute atomic E-state index is 13.1. The molecule has 6 nitrogen and oxygen atoms in total. The minimum Gasteiger partial charge on any atom is -0.358 e. The smallest absolute Gasteiger partial charge is 0.358 e. The molecular formula is C24H24F3N5OS. The van der Waals surface area contributed by atoms with Gasteiger partial charge in [0, 0.05) is 25.3 Å². The van der Waals surface area contributed by atoms with Crippen LogP contribution >= 0.6 is 11.3 Å². The zero-order valence-corrected chi connectivity index (χ0v) is 19.6. The lowest BCUT2D eigenvalue weighted by Gasteiger charge is -2.36. The van der Waals surface area contributed by atoms with Crippen molar-refractivity contribution in [3.05, 3.63) is 58.9 Å². The van der Waals surface area contributed by atoms with E-state index in [0.29, 0.717) is 11.4 Å². The van der Waals surface area contributed by atoms with Gasteiger partial charge in [-0.05, 0) is 56.9 Å². The highest BCUT2D eigenvalue weighted by molar-refractivity contribution is 7.18. The van der Waals surface area contributed by atoms with Gasteiger partial charge in [-0.2, -0.15) is 13.2 Å². The number of fused-ring (bicyclic) bond motifs is 2. The molecule has 0 aliphatic heterocycles. The van der Waals surface area contributed by atoms with Gasteiger partial charge in [-0.1, -0.05) is 12.1 Å². The summed E-state index contributed by atoms with van der Waals surface area (Å²) < 4.78 is 41.8. The van der Waals surface area contributed by atoms with E-state index < -0.39 is 11.9 Å². The third-order valence-electron chi connectivity index (χ3n) is 6.47. The highest BCUT2D eigenvalue weighted by Gasteiger charge is 2.34. The number of carbonyl (C=O) groups is 1. The fourth-order valence-corrected chi connectivity index (χ4v) is 5.65. The Morgan fingerprint density at radius 2 is 1.85 bits per heavy atom. The molecule has 0 saturated heterocycles. The highest BCUT2D eigenvalue weighted by Crippen LogP contribution is 2.32. The Bertz CT molecular complexity index is 1350. The SMILES string of the molecule is Cc1nc2cccc(C(=O)NC3CCC(N(C)c4cccc5nc(C(F)(F)F)cn45)CC3)c2s1. The van der Waals surface area contributed by atoms with Gasteiger partial charge in [-0.25, -0.2) is 9.97 Å². The second-order valence-corrected chi connectivity index (χ2v) is 9.92. The fraction of sp³-hybridized carbons (Fsp3) is 0.375. The van der Waals surface area contributed by atoms with E-state index in [1.165, 1.54) is 15.7 Å². The third-order valence-corrected chi connectivity index (χ3v) is 7.49. The predicted molar refractivity (Wildman–Crippen MR) is 126 cm³/mol. The van der Waals surface area contributed by atoms with Crippen LogP contribution in [0.3, 0.4) is 0 Å². The Morgan fingerprint density at radius 1 is 1.12 bits per heavy atom. The molecule has 178 valence electrons. The van der Waals surface area contributed by atoms with Crippen LogP contribution in [-0.2, 0) is 6.18 Å². The van der Waals surface area contributed by atoms with E-state index in [-0.39, 0.29) is 23.6 Å². The van der Waals surface area contributed by atoms with Crippen LogP contribution in [0, 0.1) is 6.92 Å². The molecule has 34 heavy (non-hydrogen) atoms. The first-order chi connectivity index (χ1) is 16.2. The largest absolute Gasteiger partial charge is 0.434 e. The van der Waals surface area contributed by atoms with Crippen molar-refractivity contribution in [2.75, 3.05) is 11.9 Å². The number of halogens is 3. The molecule has 1 amide bonds. The van der Waals surface area contributed by atoms with Gasteiger partial charge in [0.25, 0.3) is 5.91 Å². The van der Waals surface area contributed by atoms with E-state index in [1.807, 2.05) is 37.1 Å². The second kappa shape index (κ2) is 8.57. The molecule has 1 fully saturated rings. The first-order valence-electron chi connectivity index (χ1n) is 11.2. The first-order valence-corrected chi connectivity index (χ1v) is 12.0. The lowest BCUT2D eigenvalue weighted by Crippen LogP contribution is -2.43. The maximum atomic E-state index is 13.1. The van der Waals surface area contributed by atoms with Gasteiger partial charge in [0.1, 0.15) is 11.5 Å². The van der Waals surface area contributed by atoms with Crippen LogP contribution in [-0.4, -0.2) is 39.4 Å². The number of carbonyl (C=O) groups excluding carboxylic acids is 1. The Morgan fingerprint density at radius 3 is 2.59 bits per heavy atom. The quantitative estimate of drug-likeness (QED) is 0.416. The summed E-state index contributed by atoms with van der Waals surface area (Å²) in [6, 6.07) is 10.9. The number of benzene rings is 1. The topological polar surface area (TPSA) is 62.5 Å². The van der Waals surface area contributed by atoms with E-state index in [4.69, 9.17) is 0 Å². The number of pyridine rings is 1. The third kappa shape index (κ3) is 4.22. The lowest BCUT2D eigenvalue weighted by molar-refractivity contribution is -0.140. The Labute approximate surface area is 198 Å². The molecule has 1 aromatic carbocycles. The second-order valence-electron chi connectivity index (χ2n) is 8.71. The van der Waals surface area contributed by atoms with Crippen molar-refractivity contribution in [3.63, 3.8) is 0 Å². The number of alkyl halides is 3. The van der Waals surface area contributed by atoms with E-state index in [1.54, 1.807) is 18.2 Å². The summed E-state index contributed by atoms with van der Waals surface area (Å²) in [5.41, 5.74) is 0.855. The van der Waals surface area contributed by atoms with E-state index in [9.17, 15) is 18.0 Å². The number of thiazole rings is 1. The summed E-state index contributed by atoms with van der Waals surface area (Å²) in [6.07, 6.45) is -0.196. The zero-order chi connectivity index (χ0) is 24.0. The molecule has 0 spiro atoms. The predicted octanol–water partition coefficient (Wildman–Crippen LogP) is 5.45. The highest BCUT2D eigenvalue weighted by atomic mass is 32.1. The average Bonchev–Trinajstić information content (AvgIpc) is 3.41. The number of nitrogens with zero attached hydrogens (tertiary/aromatic N) is 4. The molecule has 1 N–H and O–H groups in total. The van der Waals surface area contributed by atoms with Crippen LogP contribution in [0.4, 0.5) is 19.0 Å². The summed E-state index contributed by atoms with van der Waals surface area (Å²) in [6.45, 7) is 1.93. The lowest BCUT2D eigenvalue weighted by atomic mass is 9.90. The standard InChI is InChI=1S/C24H24F3N5OS/c1-14-28-18-6-3-5-17(22(18)34-14)23(33)29-15-9-11-16(12-10-15)31(2)21-8-4-7-20-30-19(13-32(20)21)24(25,26)27/h3-8,13,15-16H,9-12H2,1-2H3,(H,29,33). The maximum Gasteiger partial charge on any atom is 0.434 e. The number of hydrogen-bond donors (Lipinski definition) is 1. The summed E-state index contributed by atoms with van der Waals surface area (Å²) in [5, 5.41) is 4.09. The number of amides is 1. The zero-order valence-electron chi connectivity index (χ0n) is 18.8. The van der Waals surface area contributed by atoms with Gasteiger partial charge in [-0.15, -0.1) is 11.3 Å². The first kappa shape index (κ1) is 22.6. The van der Waals surface area contributed by atoms with Crippen LogP contribution in [0.15, 0.2) is 42.6 Å². The van der Waals surface area contributed by atoms with Gasteiger partial charge in [-0.3, -0.25) is 9.20 Å². The van der Waals surface area contributed by atoms with Crippen LogP contribution < -0.4 is 10.2 Å². The molecule has 0 bridgehead atoms. The van der Waals surface area contributed by atoms with Gasteiger partial charge < -0.3 is 10.2 Å². The minimum absolute atomic E-state index is 0.0577. The molecular weight excluding hydrogens is 463 g/mol. The van der Waals surface area contributed by atoms with Crippen molar-refractivity contribution in [1.29, 1.82) is 0 Å². The van der Waals surface area contributed by atoms with E-state index in [0.717, 1.165) is 47.1 Å². The Kier molecular flexibility index (Phi) is 5.71. The number of nitrogens with one attached hydrogen (secondary N) is 1. The molecule has 3 aromatic heterocycles. The summed E-state index contributed by atoms with van der Waals surface area (Å²) in [4.78, 5) is 23.2. The molecule has 10 heteroatoms. The van der Waals surface area contributed by atoms with Gasteiger partial charge in [0.2, 0.25) is 0 Å². The number of aryl methyl sites for hydroxylation is 1. The summed E-state index contributed by atoms with van der Waals surface area (Å²) in [5.74, 6) is 0.578. The van der Waals surface area contributed by atoms with E-state index >= 15 is 0 Å². The Hall–Kier alpha value is -3.14. The van der Waals surface area contributed by atoms with Gasteiger partial charge in [0.15, 0.2) is 5.69 Å². The van der Waals surface area contributed by atoms with Crippen molar-refractivity contribution in [1.82, 2.24) is 19.7 Å². The van der Waals surface area contributed by atoms with Crippen molar-refractivity contribution in [3.8, 4) is 0 Å². The molecule has 0 unspecified atom stereocenters. The number of imidazole rings is 1. The molecule has 0 radical (unpaired) electrons. The Balaban J connectivity index is 1.26. The van der Waals surface area contributed by atoms with Crippen molar-refractivity contribution in [2.24, 2.45) is 0 Å². The van der Waals surface area contributed by atoms with Crippen LogP contribution in [0.25, 0.3) is 15.9 Å². The number of aromatic nitrogens is 3. The molecule has 1 saturated carbocycles. The van der Waals surface area contributed by atoms with Crippen LogP contribution in [0.5, 0.6) is 0 Å². The normalized spacial score (nSPS) is 19.0. The van der Waals surface area contributed by atoms with Crippen molar-refractivity contribution in [2.45, 2.75) is 50.9 Å². The summed E-state index contributed by atoms with van der Waals surface area (Å²) >= 11 is 1.52. The van der Waals surface area contributed by atoms with Gasteiger partial charge >= 0.3 is 6.18 Å². The van der Waals surface area contributed by atoms with Crippen LogP contribution in [0.2, 0.25) is 0 Å². The molecule has 3 heterocycles. The van der Waals surface area contributed by atoms with Crippen molar-refractivity contribution < 1.29 is 18.0 Å². The van der Waals surface area contributed by atoms with Gasteiger partial charge in [0.05, 0.1) is 20.8 Å². The van der Waals surface area contributed by atoms with Crippen molar-refractivity contribution >= 4 is 38.9 Å². The molecule has 1 aliphatic carbocycles. The van der Waals surface area contributed by atoms with Crippen LogP contribution in [0.1, 0.15) is 46.7 Å². The minimum atomic E-state index is -4.49. The van der Waals surface area contributed by atoms with E-state index in [2.05, 4.69) is 15.3 Å². The molecule has 4 aromatic rings. The fourth-order valence-electron chi connectivity index (χ4n) is 4.72.